The summed E-state index contributed by atoms with van der Waals surface area (Å²) in [5, 5.41) is 0.592. The molecule has 1 fully saturated rings. The molecule has 1 aliphatic rings. The first-order valence-corrected chi connectivity index (χ1v) is 7.07. The van der Waals surface area contributed by atoms with Crippen LogP contribution in [0.15, 0.2) is 23.1 Å². The van der Waals surface area contributed by atoms with E-state index in [1.54, 1.807) is 18.2 Å². The minimum absolute atomic E-state index is 0.0996. The molecule has 1 aliphatic heterocycles. The van der Waals surface area contributed by atoms with Gasteiger partial charge in [0.25, 0.3) is 0 Å². The van der Waals surface area contributed by atoms with Crippen molar-refractivity contribution in [1.29, 1.82) is 0 Å². The zero-order chi connectivity index (χ0) is 13.0. The first kappa shape index (κ1) is 13.5. The Morgan fingerprint density at radius 2 is 2.17 bits per heavy atom. The van der Waals surface area contributed by atoms with Gasteiger partial charge in [0.2, 0.25) is 5.91 Å². The molecule has 0 spiro atoms. The number of amides is 1. The lowest BCUT2D eigenvalue weighted by atomic mass is 10.3. The van der Waals surface area contributed by atoms with Crippen molar-refractivity contribution < 1.29 is 9.53 Å². The summed E-state index contributed by atoms with van der Waals surface area (Å²) in [6.07, 6.45) is 0. The summed E-state index contributed by atoms with van der Waals surface area (Å²) < 4.78 is 5.21. The minimum Gasteiger partial charge on any atom is -0.398 e. The van der Waals surface area contributed by atoms with E-state index in [4.69, 9.17) is 22.1 Å². The van der Waals surface area contributed by atoms with E-state index in [1.165, 1.54) is 11.8 Å². The van der Waals surface area contributed by atoms with Crippen molar-refractivity contribution in [1.82, 2.24) is 4.90 Å². The monoisotopic (exact) mass is 286 g/mol. The molecular weight excluding hydrogens is 272 g/mol. The Balaban J connectivity index is 1.92. The number of rotatable bonds is 3. The Bertz CT molecular complexity index is 416. The molecule has 4 nitrogen and oxygen atoms in total. The third-order valence-corrected chi connectivity index (χ3v) is 4.26. The van der Waals surface area contributed by atoms with E-state index in [0.29, 0.717) is 42.8 Å². The second-order valence-corrected chi connectivity index (χ2v) is 5.33. The number of thioether (sulfide) groups is 1. The molecule has 0 unspecified atom stereocenters. The Hall–Kier alpha value is -0.910. The predicted octanol–water partition coefficient (Wildman–Crippen LogP) is 1.87. The van der Waals surface area contributed by atoms with E-state index in [1.807, 2.05) is 4.90 Å². The SMILES string of the molecule is Nc1cccc(Cl)c1SCC(=O)N1CCOCC1. The molecule has 2 N–H and O–H groups in total. The summed E-state index contributed by atoms with van der Waals surface area (Å²) in [7, 11) is 0. The number of ether oxygens (including phenoxy) is 1. The molecule has 0 aliphatic carbocycles. The first-order chi connectivity index (χ1) is 8.68. The summed E-state index contributed by atoms with van der Waals surface area (Å²) in [5.74, 6) is 0.455. The van der Waals surface area contributed by atoms with Crippen LogP contribution in [0.4, 0.5) is 5.69 Å². The number of nitrogens with two attached hydrogens (primary N) is 1. The standard InChI is InChI=1S/C12H15ClN2O2S/c13-9-2-1-3-10(14)12(9)18-8-11(16)15-4-6-17-7-5-15/h1-3H,4-8,14H2. The van der Waals surface area contributed by atoms with E-state index in [9.17, 15) is 4.79 Å². The number of hydrogen-bond donors (Lipinski definition) is 1. The van der Waals surface area contributed by atoms with Gasteiger partial charge in [0, 0.05) is 23.7 Å². The third kappa shape index (κ3) is 3.31. The van der Waals surface area contributed by atoms with Crippen molar-refractivity contribution in [3.63, 3.8) is 0 Å². The lowest BCUT2D eigenvalue weighted by molar-refractivity contribution is -0.132. The molecule has 2 rings (SSSR count). The summed E-state index contributed by atoms with van der Waals surface area (Å²) in [5.41, 5.74) is 6.45. The number of carbonyl (C=O) groups excluding carboxylic acids is 1. The highest BCUT2D eigenvalue weighted by molar-refractivity contribution is 8.00. The van der Waals surface area contributed by atoms with Gasteiger partial charge in [-0.15, -0.1) is 11.8 Å². The molecule has 0 bridgehead atoms. The fourth-order valence-electron chi connectivity index (χ4n) is 1.72. The van der Waals surface area contributed by atoms with Crippen LogP contribution in [0.2, 0.25) is 5.02 Å². The number of benzene rings is 1. The highest BCUT2D eigenvalue weighted by Gasteiger charge is 2.17. The quantitative estimate of drug-likeness (QED) is 0.681. The molecule has 0 atom stereocenters. The van der Waals surface area contributed by atoms with Crippen molar-refractivity contribution in [3.05, 3.63) is 23.2 Å². The second kappa shape index (κ2) is 6.31. The van der Waals surface area contributed by atoms with Crippen molar-refractivity contribution in [2.45, 2.75) is 4.90 Å². The molecular formula is C12H15ClN2O2S. The first-order valence-electron chi connectivity index (χ1n) is 5.71. The van der Waals surface area contributed by atoms with Crippen LogP contribution in [0.3, 0.4) is 0 Å². The summed E-state index contributed by atoms with van der Waals surface area (Å²) in [4.78, 5) is 14.5. The number of morpholine rings is 1. The van der Waals surface area contributed by atoms with Crippen LogP contribution in [-0.2, 0) is 9.53 Å². The van der Waals surface area contributed by atoms with Crippen LogP contribution in [0.25, 0.3) is 0 Å². The van der Waals surface area contributed by atoms with Crippen molar-refractivity contribution in [2.24, 2.45) is 0 Å². The fourth-order valence-corrected chi connectivity index (χ4v) is 2.95. The van der Waals surface area contributed by atoms with Gasteiger partial charge in [-0.05, 0) is 12.1 Å². The maximum Gasteiger partial charge on any atom is 0.233 e. The highest BCUT2D eigenvalue weighted by Crippen LogP contribution is 2.32. The van der Waals surface area contributed by atoms with Crippen LogP contribution < -0.4 is 5.73 Å². The van der Waals surface area contributed by atoms with Gasteiger partial charge in [-0.25, -0.2) is 0 Å². The molecule has 0 saturated carbocycles. The largest absolute Gasteiger partial charge is 0.398 e. The Morgan fingerprint density at radius 1 is 1.44 bits per heavy atom. The number of nitrogen functional groups attached to an aromatic ring is 1. The molecule has 1 amide bonds. The van der Waals surface area contributed by atoms with Crippen LogP contribution in [0.5, 0.6) is 0 Å². The van der Waals surface area contributed by atoms with Crippen molar-refractivity contribution >= 4 is 35.0 Å². The number of anilines is 1. The van der Waals surface area contributed by atoms with Gasteiger partial charge < -0.3 is 15.4 Å². The number of nitrogens with zero attached hydrogens (tertiary/aromatic N) is 1. The summed E-state index contributed by atoms with van der Waals surface area (Å²) in [6.45, 7) is 2.56. The molecule has 0 radical (unpaired) electrons. The summed E-state index contributed by atoms with van der Waals surface area (Å²) >= 11 is 7.44. The Kier molecular flexibility index (Phi) is 4.74. The molecule has 1 heterocycles. The van der Waals surface area contributed by atoms with Gasteiger partial charge in [-0.2, -0.15) is 0 Å². The van der Waals surface area contributed by atoms with Gasteiger partial charge in [0.05, 0.1) is 24.0 Å². The Morgan fingerprint density at radius 3 is 2.83 bits per heavy atom. The third-order valence-electron chi connectivity index (χ3n) is 2.70. The molecule has 98 valence electrons. The average molecular weight is 287 g/mol. The van der Waals surface area contributed by atoms with E-state index < -0.39 is 0 Å². The molecule has 1 aromatic rings. The van der Waals surface area contributed by atoms with Gasteiger partial charge in [0.15, 0.2) is 0 Å². The number of carbonyl (C=O) groups is 1. The maximum atomic E-state index is 12.0. The molecule has 1 saturated heterocycles. The van der Waals surface area contributed by atoms with Crippen LogP contribution in [0.1, 0.15) is 0 Å². The Labute approximate surface area is 115 Å². The van der Waals surface area contributed by atoms with Gasteiger partial charge >= 0.3 is 0 Å². The van der Waals surface area contributed by atoms with Crippen LogP contribution in [0, 0.1) is 0 Å². The topological polar surface area (TPSA) is 55.6 Å². The van der Waals surface area contributed by atoms with E-state index in [2.05, 4.69) is 0 Å². The van der Waals surface area contributed by atoms with Crippen molar-refractivity contribution in [2.75, 3.05) is 37.8 Å². The highest BCUT2D eigenvalue weighted by atomic mass is 35.5. The van der Waals surface area contributed by atoms with E-state index in [-0.39, 0.29) is 5.91 Å². The van der Waals surface area contributed by atoms with Gasteiger partial charge in [0.1, 0.15) is 0 Å². The molecule has 1 aromatic carbocycles. The summed E-state index contributed by atoms with van der Waals surface area (Å²) in [6, 6.07) is 5.36. The smallest absolute Gasteiger partial charge is 0.233 e. The lowest BCUT2D eigenvalue weighted by Gasteiger charge is -2.26. The molecule has 6 heteroatoms. The lowest BCUT2D eigenvalue weighted by Crippen LogP contribution is -2.41. The van der Waals surface area contributed by atoms with Gasteiger partial charge in [-0.1, -0.05) is 17.7 Å². The average Bonchev–Trinajstić information content (AvgIpc) is 2.39. The fraction of sp³-hybridized carbons (Fsp3) is 0.417. The number of halogens is 1. The molecule has 0 aromatic heterocycles. The van der Waals surface area contributed by atoms with Crippen LogP contribution in [-0.4, -0.2) is 42.9 Å². The predicted molar refractivity (Wildman–Crippen MR) is 74.0 cm³/mol. The van der Waals surface area contributed by atoms with E-state index >= 15 is 0 Å². The van der Waals surface area contributed by atoms with Crippen LogP contribution >= 0.6 is 23.4 Å². The van der Waals surface area contributed by atoms with Gasteiger partial charge in [-0.3, -0.25) is 4.79 Å². The maximum absolute atomic E-state index is 12.0. The zero-order valence-electron chi connectivity index (χ0n) is 9.89. The normalized spacial score (nSPS) is 15.7. The number of hydrogen-bond acceptors (Lipinski definition) is 4. The minimum atomic E-state index is 0.0996. The van der Waals surface area contributed by atoms with E-state index in [0.717, 1.165) is 4.90 Å². The molecule has 18 heavy (non-hydrogen) atoms. The second-order valence-electron chi connectivity index (χ2n) is 3.94. The van der Waals surface area contributed by atoms with Crippen molar-refractivity contribution in [3.8, 4) is 0 Å². The zero-order valence-corrected chi connectivity index (χ0v) is 11.5.